The van der Waals surface area contributed by atoms with Crippen molar-refractivity contribution in [3.05, 3.63) is 12.4 Å². The van der Waals surface area contributed by atoms with Gasteiger partial charge in [0.05, 0.1) is 6.54 Å². The molecule has 0 radical (unpaired) electrons. The van der Waals surface area contributed by atoms with Crippen LogP contribution < -0.4 is 16.8 Å². The molecule has 7 nitrogen and oxygen atoms in total. The summed E-state index contributed by atoms with van der Waals surface area (Å²) in [5.74, 6) is -0.295. The van der Waals surface area contributed by atoms with E-state index in [0.29, 0.717) is 5.82 Å². The molecule has 1 unspecified atom stereocenters. The van der Waals surface area contributed by atoms with Gasteiger partial charge in [-0.2, -0.15) is 0 Å². The zero-order chi connectivity index (χ0) is 10.6. The van der Waals surface area contributed by atoms with Gasteiger partial charge in [-0.05, 0) is 0 Å². The molecule has 0 aliphatic rings. The summed E-state index contributed by atoms with van der Waals surface area (Å²) in [6.45, 7) is -0.0434. The first-order valence-electron chi connectivity index (χ1n) is 3.89. The molecular weight excluding hydrogens is 186 g/mol. The van der Waals surface area contributed by atoms with Gasteiger partial charge in [-0.3, -0.25) is 4.79 Å². The van der Waals surface area contributed by atoms with Crippen LogP contribution in [0.5, 0.6) is 0 Å². The van der Waals surface area contributed by atoms with Gasteiger partial charge in [0.1, 0.15) is 6.10 Å². The molecule has 14 heavy (non-hydrogen) atoms. The first-order chi connectivity index (χ1) is 6.61. The van der Waals surface area contributed by atoms with Gasteiger partial charge in [0.15, 0.2) is 11.6 Å². The summed E-state index contributed by atoms with van der Waals surface area (Å²) < 4.78 is 0. The summed E-state index contributed by atoms with van der Waals surface area (Å²) in [5, 5.41) is 11.7. The number of nitrogens with zero attached hydrogens (tertiary/aromatic N) is 2. The smallest absolute Gasteiger partial charge is 0.248 e. The number of aliphatic hydroxyl groups excluding tert-OH is 1. The van der Waals surface area contributed by atoms with E-state index in [4.69, 9.17) is 16.6 Å². The Balaban J connectivity index is 2.54. The molecule has 0 saturated heterocycles. The lowest BCUT2D eigenvalue weighted by Gasteiger charge is -2.09. The molecule has 0 saturated carbocycles. The Labute approximate surface area is 80.2 Å². The van der Waals surface area contributed by atoms with Crippen molar-refractivity contribution in [1.29, 1.82) is 0 Å². The second-order valence-corrected chi connectivity index (χ2v) is 2.59. The topological polar surface area (TPSA) is 127 Å². The molecule has 6 N–H and O–H groups in total. The number of primary amides is 1. The highest BCUT2D eigenvalue weighted by Gasteiger charge is 2.11. The molecule has 0 bridgehead atoms. The number of hydrogen-bond donors (Lipinski definition) is 4. The Kier molecular flexibility index (Phi) is 3.19. The average molecular weight is 197 g/mol. The molecule has 0 aliphatic heterocycles. The van der Waals surface area contributed by atoms with Crippen LogP contribution >= 0.6 is 0 Å². The van der Waals surface area contributed by atoms with Gasteiger partial charge in [0.2, 0.25) is 5.91 Å². The number of carbonyl (C=O) groups is 1. The molecule has 1 aromatic heterocycles. The quantitative estimate of drug-likeness (QED) is 0.456. The molecule has 1 amide bonds. The highest BCUT2D eigenvalue weighted by molar-refractivity contribution is 5.79. The van der Waals surface area contributed by atoms with Crippen LogP contribution in [-0.2, 0) is 4.79 Å². The van der Waals surface area contributed by atoms with E-state index in [2.05, 4.69) is 15.3 Å². The number of nitrogens with one attached hydrogen (secondary N) is 1. The van der Waals surface area contributed by atoms with E-state index in [1.54, 1.807) is 0 Å². The fourth-order valence-electron chi connectivity index (χ4n) is 0.779. The van der Waals surface area contributed by atoms with Gasteiger partial charge in [0.25, 0.3) is 0 Å². The fraction of sp³-hybridized carbons (Fsp3) is 0.286. The number of rotatable bonds is 4. The van der Waals surface area contributed by atoms with E-state index >= 15 is 0 Å². The van der Waals surface area contributed by atoms with Crippen LogP contribution in [0, 0.1) is 0 Å². The van der Waals surface area contributed by atoms with Gasteiger partial charge in [-0.25, -0.2) is 9.97 Å². The maximum absolute atomic E-state index is 10.5. The molecule has 0 aromatic carbocycles. The molecule has 1 aromatic rings. The molecule has 0 spiro atoms. The minimum absolute atomic E-state index is 0.0434. The fourth-order valence-corrected chi connectivity index (χ4v) is 0.779. The van der Waals surface area contributed by atoms with Crippen molar-refractivity contribution in [3.8, 4) is 0 Å². The normalized spacial score (nSPS) is 12.1. The highest BCUT2D eigenvalue weighted by atomic mass is 16.3. The Hall–Kier alpha value is -1.89. The summed E-state index contributed by atoms with van der Waals surface area (Å²) in [5.41, 5.74) is 10.3. The third-order valence-corrected chi connectivity index (χ3v) is 1.52. The number of nitrogens with two attached hydrogens (primary N) is 2. The maximum atomic E-state index is 10.5. The Bertz CT molecular complexity index is 330. The number of aromatic nitrogens is 2. The summed E-state index contributed by atoms with van der Waals surface area (Å²) in [6.07, 6.45) is 1.61. The largest absolute Gasteiger partial charge is 0.381 e. The summed E-state index contributed by atoms with van der Waals surface area (Å²) >= 11 is 0. The molecule has 76 valence electrons. The van der Waals surface area contributed by atoms with Gasteiger partial charge >= 0.3 is 0 Å². The van der Waals surface area contributed by atoms with Gasteiger partial charge < -0.3 is 21.9 Å². The third kappa shape index (κ3) is 2.56. The lowest BCUT2D eigenvalue weighted by atomic mass is 10.3. The van der Waals surface area contributed by atoms with Gasteiger partial charge in [-0.15, -0.1) is 0 Å². The van der Waals surface area contributed by atoms with Crippen LogP contribution in [0.1, 0.15) is 0 Å². The van der Waals surface area contributed by atoms with Crippen molar-refractivity contribution in [2.75, 3.05) is 17.6 Å². The van der Waals surface area contributed by atoms with Crippen molar-refractivity contribution >= 4 is 17.5 Å². The second kappa shape index (κ2) is 4.38. The zero-order valence-electron chi connectivity index (χ0n) is 7.34. The van der Waals surface area contributed by atoms with Crippen LogP contribution in [0.15, 0.2) is 12.4 Å². The molecule has 1 heterocycles. The van der Waals surface area contributed by atoms with E-state index in [-0.39, 0.29) is 12.4 Å². The van der Waals surface area contributed by atoms with E-state index in [9.17, 15) is 4.79 Å². The minimum Gasteiger partial charge on any atom is -0.381 e. The standard InChI is InChI=1S/C7H11N5O2/c8-5-7(11-2-1-10-5)12-3-4(13)6(9)14/h1-2,4,13H,3H2,(H2,8,10)(H2,9,14)(H,11,12). The second-order valence-electron chi connectivity index (χ2n) is 2.59. The van der Waals surface area contributed by atoms with Crippen molar-refractivity contribution < 1.29 is 9.90 Å². The number of amides is 1. The molecule has 1 atom stereocenters. The predicted octanol–water partition coefficient (Wildman–Crippen LogP) is -1.68. The summed E-state index contributed by atoms with van der Waals surface area (Å²) in [7, 11) is 0. The molecule has 0 aliphatic carbocycles. The van der Waals surface area contributed by atoms with Crippen LogP contribution in [0.4, 0.5) is 11.6 Å². The van der Waals surface area contributed by atoms with E-state index in [1.807, 2.05) is 0 Å². The number of aliphatic hydroxyl groups is 1. The summed E-state index contributed by atoms with van der Waals surface area (Å²) in [6, 6.07) is 0. The number of anilines is 2. The number of hydrogen-bond acceptors (Lipinski definition) is 6. The van der Waals surface area contributed by atoms with Crippen molar-refractivity contribution in [2.45, 2.75) is 6.10 Å². The van der Waals surface area contributed by atoms with Gasteiger partial charge in [0, 0.05) is 12.4 Å². The van der Waals surface area contributed by atoms with E-state index < -0.39 is 12.0 Å². The van der Waals surface area contributed by atoms with E-state index in [1.165, 1.54) is 12.4 Å². The molecular formula is C7H11N5O2. The molecule has 0 fully saturated rings. The zero-order valence-corrected chi connectivity index (χ0v) is 7.34. The Morgan fingerprint density at radius 3 is 2.79 bits per heavy atom. The summed E-state index contributed by atoms with van der Waals surface area (Å²) in [4.78, 5) is 18.1. The monoisotopic (exact) mass is 197 g/mol. The first-order valence-corrected chi connectivity index (χ1v) is 3.89. The lowest BCUT2D eigenvalue weighted by molar-refractivity contribution is -0.125. The van der Waals surface area contributed by atoms with Crippen LogP contribution in [0.25, 0.3) is 0 Å². The van der Waals surface area contributed by atoms with Crippen molar-refractivity contribution in [2.24, 2.45) is 5.73 Å². The average Bonchev–Trinajstić information content (AvgIpc) is 2.16. The van der Waals surface area contributed by atoms with Crippen molar-refractivity contribution in [1.82, 2.24) is 9.97 Å². The predicted molar refractivity (Wildman–Crippen MR) is 50.1 cm³/mol. The maximum Gasteiger partial charge on any atom is 0.248 e. The van der Waals surface area contributed by atoms with Gasteiger partial charge in [-0.1, -0.05) is 0 Å². The van der Waals surface area contributed by atoms with Crippen LogP contribution in [0.3, 0.4) is 0 Å². The van der Waals surface area contributed by atoms with Crippen LogP contribution in [0.2, 0.25) is 0 Å². The molecule has 1 rings (SSSR count). The Morgan fingerprint density at radius 2 is 2.21 bits per heavy atom. The first kappa shape index (κ1) is 10.2. The van der Waals surface area contributed by atoms with Crippen molar-refractivity contribution in [3.63, 3.8) is 0 Å². The SMILES string of the molecule is NC(=O)C(O)CNc1nccnc1N. The minimum atomic E-state index is -1.27. The Morgan fingerprint density at radius 1 is 1.57 bits per heavy atom. The van der Waals surface area contributed by atoms with E-state index in [0.717, 1.165) is 0 Å². The highest BCUT2D eigenvalue weighted by Crippen LogP contribution is 2.08. The third-order valence-electron chi connectivity index (χ3n) is 1.52. The molecule has 7 heteroatoms. The van der Waals surface area contributed by atoms with Crippen LogP contribution in [-0.4, -0.2) is 33.6 Å². The number of nitrogen functional groups attached to an aromatic ring is 1. The number of carbonyl (C=O) groups excluding carboxylic acids is 1. The lowest BCUT2D eigenvalue weighted by Crippen LogP contribution is -2.34.